The maximum absolute atomic E-state index is 5.63. The molecule has 4 heteroatoms. The van der Waals surface area contributed by atoms with E-state index in [-0.39, 0.29) is 14.9 Å². The molecule has 2 unspecified atom stereocenters. The van der Waals surface area contributed by atoms with E-state index in [1.165, 1.54) is 12.1 Å². The Bertz CT molecular complexity index is 247. The summed E-state index contributed by atoms with van der Waals surface area (Å²) in [6.45, 7) is 11.8. The molecule has 3 nitrogen and oxygen atoms in total. The highest BCUT2D eigenvalue weighted by molar-refractivity contribution is 6.66. The van der Waals surface area contributed by atoms with Gasteiger partial charge in [0, 0.05) is 0 Å². The zero-order valence-corrected chi connectivity index (χ0v) is 13.2. The molecule has 1 rings (SSSR count). The van der Waals surface area contributed by atoms with Crippen LogP contribution in [0.15, 0.2) is 11.3 Å². The van der Waals surface area contributed by atoms with E-state index >= 15 is 0 Å². The van der Waals surface area contributed by atoms with Crippen LogP contribution in [-0.2, 0) is 14.2 Å². The average molecular weight is 271 g/mol. The summed E-state index contributed by atoms with van der Waals surface area (Å²) in [6.07, 6.45) is 2.75. The lowest BCUT2D eigenvalue weighted by Gasteiger charge is -2.13. The molecule has 1 saturated heterocycles. The topological polar surface area (TPSA) is 31.0 Å². The molecule has 1 radical (unpaired) electrons. The molecule has 0 amide bonds. The number of allylic oxidation sites excluding steroid dienone is 1. The van der Waals surface area contributed by atoms with Crippen LogP contribution < -0.4 is 0 Å². The lowest BCUT2D eigenvalue weighted by atomic mass is 10.4. The average Bonchev–Trinajstić information content (AvgIpc) is 3.17. The van der Waals surface area contributed by atoms with Crippen molar-refractivity contribution >= 4 is 8.80 Å². The van der Waals surface area contributed by atoms with E-state index in [0.717, 1.165) is 6.61 Å². The molecule has 0 spiro atoms. The minimum atomic E-state index is -0.281. The van der Waals surface area contributed by atoms with Crippen molar-refractivity contribution in [3.05, 3.63) is 11.3 Å². The zero-order chi connectivity index (χ0) is 13.4. The minimum absolute atomic E-state index is 0.157. The van der Waals surface area contributed by atoms with Gasteiger partial charge >= 0.3 is 0 Å². The van der Waals surface area contributed by atoms with Gasteiger partial charge in [0.1, 0.15) is 6.10 Å². The number of hydrogen-bond donors (Lipinski definition) is 0. The molecule has 0 aliphatic carbocycles. The zero-order valence-electron chi connectivity index (χ0n) is 12.2. The Morgan fingerprint density at radius 2 is 2.11 bits per heavy atom. The summed E-state index contributed by atoms with van der Waals surface area (Å²) in [4.78, 5) is 0. The molecule has 2 atom stereocenters. The van der Waals surface area contributed by atoms with Gasteiger partial charge in [-0.3, -0.25) is 0 Å². The Balaban J connectivity index is 2.06. The van der Waals surface area contributed by atoms with Crippen molar-refractivity contribution in [1.29, 1.82) is 0 Å². The molecule has 0 N–H and O–H groups in total. The number of rotatable bonds is 10. The molecule has 1 aliphatic heterocycles. The van der Waals surface area contributed by atoms with Crippen molar-refractivity contribution in [3.63, 3.8) is 0 Å². The smallest absolute Gasteiger partial charge is 0.104 e. The van der Waals surface area contributed by atoms with Gasteiger partial charge in [-0.05, 0) is 13.8 Å². The van der Waals surface area contributed by atoms with Crippen molar-refractivity contribution in [1.82, 2.24) is 0 Å². The second kappa shape index (κ2) is 8.86. The third-order valence-corrected chi connectivity index (χ3v) is 6.27. The molecule has 0 aromatic heterocycles. The van der Waals surface area contributed by atoms with E-state index < -0.39 is 0 Å². The second-order valence-corrected chi connectivity index (χ2v) is 8.24. The van der Waals surface area contributed by atoms with Gasteiger partial charge in [-0.1, -0.05) is 37.2 Å². The third kappa shape index (κ3) is 6.68. The molecule has 0 aromatic rings. The van der Waals surface area contributed by atoms with Crippen LogP contribution in [0, 0.1) is 0 Å². The van der Waals surface area contributed by atoms with Crippen LogP contribution >= 0.6 is 0 Å². The summed E-state index contributed by atoms with van der Waals surface area (Å²) in [5.41, 5.74) is 0. The Kier molecular flexibility index (Phi) is 7.82. The van der Waals surface area contributed by atoms with Gasteiger partial charge in [0.15, 0.2) is 0 Å². The second-order valence-electron chi connectivity index (χ2n) is 4.83. The molecule has 0 bridgehead atoms. The highest BCUT2D eigenvalue weighted by Crippen LogP contribution is 2.11. The van der Waals surface area contributed by atoms with Crippen molar-refractivity contribution in [3.8, 4) is 0 Å². The molecular formula is C14H27O3Si. The van der Waals surface area contributed by atoms with E-state index in [1.54, 1.807) is 5.20 Å². The van der Waals surface area contributed by atoms with Gasteiger partial charge in [-0.2, -0.15) is 0 Å². The molecule has 0 saturated carbocycles. The van der Waals surface area contributed by atoms with E-state index in [4.69, 9.17) is 14.2 Å². The van der Waals surface area contributed by atoms with Crippen LogP contribution in [0.5, 0.6) is 0 Å². The number of hydrogen-bond acceptors (Lipinski definition) is 3. The van der Waals surface area contributed by atoms with Gasteiger partial charge in [0.2, 0.25) is 0 Å². The van der Waals surface area contributed by atoms with Crippen LogP contribution in [0.3, 0.4) is 0 Å². The first kappa shape index (κ1) is 15.9. The summed E-state index contributed by atoms with van der Waals surface area (Å²) in [6, 6.07) is 2.62. The van der Waals surface area contributed by atoms with E-state index in [0.29, 0.717) is 25.9 Å². The Labute approximate surface area is 113 Å². The summed E-state index contributed by atoms with van der Waals surface area (Å²) in [5, 5.41) is 1.55. The molecule has 1 heterocycles. The van der Waals surface area contributed by atoms with Crippen LogP contribution in [0.25, 0.3) is 0 Å². The summed E-state index contributed by atoms with van der Waals surface area (Å²) >= 11 is 0. The van der Waals surface area contributed by atoms with Gasteiger partial charge in [-0.15, -0.1) is 0 Å². The SMILES string of the molecule is CC[Si](CC)C(C)=CCOCC(C)OCC1CO1. The lowest BCUT2D eigenvalue weighted by molar-refractivity contribution is -0.00504. The van der Waals surface area contributed by atoms with Gasteiger partial charge in [0.05, 0.1) is 41.3 Å². The normalized spacial score (nSPS) is 21.4. The van der Waals surface area contributed by atoms with Gasteiger partial charge < -0.3 is 14.2 Å². The fourth-order valence-corrected chi connectivity index (χ4v) is 3.84. The van der Waals surface area contributed by atoms with E-state index in [1.807, 2.05) is 6.92 Å². The maximum Gasteiger partial charge on any atom is 0.104 e. The van der Waals surface area contributed by atoms with Crippen LogP contribution in [0.2, 0.25) is 12.1 Å². The van der Waals surface area contributed by atoms with Crippen LogP contribution in [0.4, 0.5) is 0 Å². The molecule has 18 heavy (non-hydrogen) atoms. The molecule has 0 aromatic carbocycles. The predicted octanol–water partition coefficient (Wildman–Crippen LogP) is 2.83. The lowest BCUT2D eigenvalue weighted by Crippen LogP contribution is -2.19. The van der Waals surface area contributed by atoms with E-state index in [9.17, 15) is 0 Å². The maximum atomic E-state index is 5.63. The quantitative estimate of drug-likeness (QED) is 0.348. The van der Waals surface area contributed by atoms with Crippen molar-refractivity contribution in [2.24, 2.45) is 0 Å². The Morgan fingerprint density at radius 1 is 1.44 bits per heavy atom. The first-order chi connectivity index (χ1) is 8.67. The van der Waals surface area contributed by atoms with Crippen molar-refractivity contribution in [2.75, 3.05) is 26.4 Å². The number of ether oxygens (including phenoxy) is 3. The highest BCUT2D eigenvalue weighted by atomic mass is 28.3. The predicted molar refractivity (Wildman–Crippen MR) is 76.4 cm³/mol. The first-order valence-electron chi connectivity index (χ1n) is 7.00. The first-order valence-corrected chi connectivity index (χ1v) is 8.91. The monoisotopic (exact) mass is 271 g/mol. The Morgan fingerprint density at radius 3 is 2.67 bits per heavy atom. The third-order valence-electron chi connectivity index (χ3n) is 3.24. The standard InChI is InChI=1S/C14H27O3Si/c1-5-18(6-2)13(4)7-8-15-9-12(3)16-10-14-11-17-14/h7,12,14H,5-6,8-11H2,1-4H3. The van der Waals surface area contributed by atoms with Crippen LogP contribution in [-0.4, -0.2) is 47.4 Å². The number of epoxide rings is 1. The molecular weight excluding hydrogens is 244 g/mol. The van der Waals surface area contributed by atoms with Gasteiger partial charge in [0.25, 0.3) is 0 Å². The van der Waals surface area contributed by atoms with E-state index in [2.05, 4.69) is 26.8 Å². The van der Waals surface area contributed by atoms with Crippen LogP contribution in [0.1, 0.15) is 27.7 Å². The summed E-state index contributed by atoms with van der Waals surface area (Å²) in [7, 11) is -0.281. The summed E-state index contributed by atoms with van der Waals surface area (Å²) < 4.78 is 16.3. The minimum Gasteiger partial charge on any atom is -0.375 e. The highest BCUT2D eigenvalue weighted by Gasteiger charge is 2.23. The van der Waals surface area contributed by atoms with Crippen molar-refractivity contribution in [2.45, 2.75) is 52.0 Å². The molecule has 105 valence electrons. The summed E-state index contributed by atoms with van der Waals surface area (Å²) in [5.74, 6) is 0. The molecule has 1 fully saturated rings. The largest absolute Gasteiger partial charge is 0.375 e. The molecule has 1 aliphatic rings. The van der Waals surface area contributed by atoms with Crippen molar-refractivity contribution < 1.29 is 14.2 Å². The fraction of sp³-hybridized carbons (Fsp3) is 0.857. The Hall–Kier alpha value is -0.163. The van der Waals surface area contributed by atoms with Gasteiger partial charge in [-0.25, -0.2) is 0 Å². The fourth-order valence-electron chi connectivity index (χ4n) is 1.85.